The molecule has 2 nitrogen and oxygen atoms in total. The maximum Gasteiger partial charge on any atom is 0.0743 e. The highest BCUT2D eigenvalue weighted by atomic mass is 15.1. The fourth-order valence-corrected chi connectivity index (χ4v) is 11.0. The van der Waals surface area contributed by atoms with Crippen LogP contribution in [0.4, 0.5) is 17.1 Å². The van der Waals surface area contributed by atoms with Crippen LogP contribution < -0.4 is 4.90 Å². The van der Waals surface area contributed by atoms with E-state index in [1.54, 1.807) is 0 Å². The molecule has 1 aromatic heterocycles. The first-order valence-electron chi connectivity index (χ1n) is 22.5. The number of hydrogen-bond acceptors (Lipinski definition) is 1. The van der Waals surface area contributed by atoms with E-state index in [1.807, 2.05) is 0 Å². The van der Waals surface area contributed by atoms with Crippen LogP contribution in [0.25, 0.3) is 71.3 Å². The van der Waals surface area contributed by atoms with Crippen LogP contribution in [0, 0.1) is 0 Å². The van der Waals surface area contributed by atoms with Gasteiger partial charge in [-0.15, -0.1) is 0 Å². The van der Waals surface area contributed by atoms with Crippen LogP contribution >= 0.6 is 0 Å². The Bertz CT molecular complexity index is 3670. The Hall–Kier alpha value is -8.46. The molecule has 65 heavy (non-hydrogen) atoms. The van der Waals surface area contributed by atoms with E-state index >= 15 is 0 Å². The number of nitrogens with zero attached hydrogens (tertiary/aromatic N) is 2. The second-order valence-corrected chi connectivity index (χ2v) is 17.2. The van der Waals surface area contributed by atoms with Gasteiger partial charge in [-0.25, -0.2) is 0 Å². The van der Waals surface area contributed by atoms with Gasteiger partial charge in [0, 0.05) is 27.8 Å². The average Bonchev–Trinajstić information content (AvgIpc) is 3.71. The topological polar surface area (TPSA) is 8.17 Å². The summed E-state index contributed by atoms with van der Waals surface area (Å²) >= 11 is 0. The predicted molar refractivity (Wildman–Crippen MR) is 273 cm³/mol. The maximum atomic E-state index is 2.57. The molecule has 0 N–H and O–H groups in total. The summed E-state index contributed by atoms with van der Waals surface area (Å²) in [6.07, 6.45) is 0. The Morgan fingerprint density at radius 3 is 1.43 bits per heavy atom. The second-order valence-electron chi connectivity index (χ2n) is 17.2. The Kier molecular flexibility index (Phi) is 8.47. The summed E-state index contributed by atoms with van der Waals surface area (Å²) in [5.74, 6) is 0. The lowest BCUT2D eigenvalue weighted by Gasteiger charge is -2.42. The first-order chi connectivity index (χ1) is 32.3. The maximum absolute atomic E-state index is 2.57. The van der Waals surface area contributed by atoms with E-state index in [-0.39, 0.29) is 0 Å². The van der Waals surface area contributed by atoms with Gasteiger partial charge in [0.1, 0.15) is 0 Å². The van der Waals surface area contributed by atoms with Gasteiger partial charge in [-0.05, 0) is 133 Å². The molecule has 0 spiro atoms. The fraction of sp³-hybridized carbons (Fsp3) is 0.0159. The molecule has 13 rings (SSSR count). The number of rotatable bonds is 7. The molecular weight excluding hydrogens is 785 g/mol. The normalized spacial score (nSPS) is 12.7. The highest BCUT2D eigenvalue weighted by Gasteiger charge is 2.46. The van der Waals surface area contributed by atoms with Gasteiger partial charge in [0.25, 0.3) is 0 Å². The van der Waals surface area contributed by atoms with Crippen LogP contribution in [-0.2, 0) is 5.41 Å². The number of fused-ring (bicyclic) bond motifs is 7. The minimum absolute atomic E-state index is 0.714. The van der Waals surface area contributed by atoms with E-state index in [4.69, 9.17) is 0 Å². The van der Waals surface area contributed by atoms with Crippen LogP contribution in [-0.4, -0.2) is 4.57 Å². The lowest BCUT2D eigenvalue weighted by Crippen LogP contribution is -2.35. The molecule has 2 heteroatoms. The zero-order chi connectivity index (χ0) is 42.9. The molecule has 0 bridgehead atoms. The third-order valence-corrected chi connectivity index (χ3v) is 13.8. The van der Waals surface area contributed by atoms with Crippen molar-refractivity contribution in [2.45, 2.75) is 5.41 Å². The number of aromatic nitrogens is 1. The minimum Gasteiger partial charge on any atom is -0.310 e. The lowest BCUT2D eigenvalue weighted by molar-refractivity contribution is 0.728. The molecule has 12 aromatic rings. The fourth-order valence-electron chi connectivity index (χ4n) is 11.0. The van der Waals surface area contributed by atoms with Crippen molar-refractivity contribution in [2.75, 3.05) is 4.90 Å². The molecular formula is C63H42N2. The highest BCUT2D eigenvalue weighted by molar-refractivity contribution is 6.16. The molecule has 0 unspecified atom stereocenters. The van der Waals surface area contributed by atoms with Gasteiger partial charge in [0.05, 0.1) is 22.1 Å². The Balaban J connectivity index is 1.21. The highest BCUT2D eigenvalue weighted by Crippen LogP contribution is 2.57. The van der Waals surface area contributed by atoms with Crippen molar-refractivity contribution in [3.05, 3.63) is 277 Å². The smallest absolute Gasteiger partial charge is 0.0743 e. The van der Waals surface area contributed by atoms with Crippen LogP contribution in [0.15, 0.2) is 255 Å². The summed E-state index contributed by atoms with van der Waals surface area (Å²) in [5, 5.41) is 7.44. The average molecular weight is 827 g/mol. The van der Waals surface area contributed by atoms with Crippen molar-refractivity contribution in [2.24, 2.45) is 0 Å². The quantitative estimate of drug-likeness (QED) is 0.155. The van der Waals surface area contributed by atoms with Crippen molar-refractivity contribution in [1.82, 2.24) is 4.57 Å². The molecule has 2 heterocycles. The van der Waals surface area contributed by atoms with Gasteiger partial charge < -0.3 is 9.47 Å². The number of anilines is 3. The zero-order valence-corrected chi connectivity index (χ0v) is 35.6. The number of para-hydroxylation sites is 2. The van der Waals surface area contributed by atoms with Gasteiger partial charge >= 0.3 is 0 Å². The summed E-state index contributed by atoms with van der Waals surface area (Å²) in [5.41, 5.74) is 16.0. The molecule has 0 saturated heterocycles. The Morgan fingerprint density at radius 2 is 0.831 bits per heavy atom. The first-order valence-corrected chi connectivity index (χ1v) is 22.5. The van der Waals surface area contributed by atoms with Gasteiger partial charge in [-0.3, -0.25) is 0 Å². The summed E-state index contributed by atoms with van der Waals surface area (Å²) in [6, 6.07) is 94.2. The van der Waals surface area contributed by atoms with Crippen LogP contribution in [0.3, 0.4) is 0 Å². The van der Waals surface area contributed by atoms with Crippen molar-refractivity contribution in [3.63, 3.8) is 0 Å². The van der Waals surface area contributed by atoms with Crippen molar-refractivity contribution in [3.8, 4) is 27.9 Å². The van der Waals surface area contributed by atoms with E-state index in [0.29, 0.717) is 0 Å². The van der Waals surface area contributed by atoms with E-state index in [0.717, 1.165) is 17.1 Å². The number of benzene rings is 11. The summed E-state index contributed by atoms with van der Waals surface area (Å²) in [6.45, 7) is 0. The van der Waals surface area contributed by atoms with E-state index < -0.39 is 5.41 Å². The molecule has 0 fully saturated rings. The van der Waals surface area contributed by atoms with Gasteiger partial charge in [0.15, 0.2) is 0 Å². The summed E-state index contributed by atoms with van der Waals surface area (Å²) < 4.78 is 2.57. The van der Waals surface area contributed by atoms with Crippen LogP contribution in [0.2, 0.25) is 0 Å². The molecule has 0 radical (unpaired) electrons. The predicted octanol–water partition coefficient (Wildman–Crippen LogP) is 16.6. The molecule has 0 saturated carbocycles. The number of hydrogen-bond donors (Lipinski definition) is 0. The van der Waals surface area contributed by atoms with Crippen molar-refractivity contribution >= 4 is 60.4 Å². The van der Waals surface area contributed by atoms with Crippen molar-refractivity contribution < 1.29 is 0 Å². The minimum atomic E-state index is -0.714. The Morgan fingerprint density at radius 1 is 0.323 bits per heavy atom. The first kappa shape index (κ1) is 37.1. The van der Waals surface area contributed by atoms with Gasteiger partial charge in [-0.1, -0.05) is 188 Å². The lowest BCUT2D eigenvalue weighted by atomic mass is 9.62. The van der Waals surface area contributed by atoms with E-state index in [2.05, 4.69) is 264 Å². The van der Waals surface area contributed by atoms with E-state index in [1.165, 1.54) is 93.5 Å². The zero-order valence-electron chi connectivity index (χ0n) is 35.6. The summed E-state index contributed by atoms with van der Waals surface area (Å²) in [7, 11) is 0. The van der Waals surface area contributed by atoms with E-state index in [9.17, 15) is 0 Å². The SMILES string of the molecule is c1ccc(N(c2ccccc2)c2ccc3c(c2)C(c2ccccc2)(c2ccccc2)c2cc(-c4cccc5ccccc45)cc4c5cc(-c6cccc7ccccc67)ccc5n-3c24)cc1. The molecule has 1 aliphatic rings. The van der Waals surface area contributed by atoms with Crippen LogP contribution in [0.5, 0.6) is 0 Å². The van der Waals surface area contributed by atoms with Crippen LogP contribution in [0.1, 0.15) is 22.3 Å². The molecule has 304 valence electrons. The Labute approximate surface area is 378 Å². The third-order valence-electron chi connectivity index (χ3n) is 13.8. The van der Waals surface area contributed by atoms with Gasteiger partial charge in [-0.2, -0.15) is 0 Å². The largest absolute Gasteiger partial charge is 0.310 e. The second kappa shape index (κ2) is 14.8. The summed E-state index contributed by atoms with van der Waals surface area (Å²) in [4.78, 5) is 2.39. The molecule has 11 aromatic carbocycles. The third kappa shape index (κ3) is 5.67. The molecule has 0 amide bonds. The molecule has 0 atom stereocenters. The molecule has 1 aliphatic heterocycles. The van der Waals surface area contributed by atoms with Gasteiger partial charge in [0.2, 0.25) is 0 Å². The monoisotopic (exact) mass is 826 g/mol. The van der Waals surface area contributed by atoms with Crippen molar-refractivity contribution in [1.29, 1.82) is 0 Å². The molecule has 0 aliphatic carbocycles. The standard InChI is InChI=1S/C63H42N2/c1-5-23-47(24-6-1)63(48-25-7-2-8-26-48)58-42-51(64(49-27-9-3-10-28-49)50-29-11-4-12-30-50)36-38-61(58)65-60-37-35-45(54-33-17-21-43-19-13-15-31-52(43)54)39-56(60)57-40-46(41-59(63)62(57)65)55-34-18-22-44-20-14-16-32-53(44)55/h1-42H.